The number of morpholine rings is 1. The van der Waals surface area contributed by atoms with E-state index in [0.29, 0.717) is 25.5 Å². The highest BCUT2D eigenvalue weighted by molar-refractivity contribution is 5.93. The molecular formula is C27H32ClN5O4. The zero-order chi connectivity index (χ0) is 25.1. The molecule has 3 aromatic rings. The highest BCUT2D eigenvalue weighted by Crippen LogP contribution is 2.26. The van der Waals surface area contributed by atoms with Crippen LogP contribution in [-0.4, -0.2) is 78.1 Å². The van der Waals surface area contributed by atoms with E-state index in [1.165, 1.54) is 0 Å². The van der Waals surface area contributed by atoms with Gasteiger partial charge in [-0.05, 0) is 30.7 Å². The summed E-state index contributed by atoms with van der Waals surface area (Å²) in [5.74, 6) is 1.22. The molecule has 0 atom stereocenters. The number of pyridine rings is 1. The second kappa shape index (κ2) is 11.8. The summed E-state index contributed by atoms with van der Waals surface area (Å²) < 4.78 is 11.3. The van der Waals surface area contributed by atoms with Gasteiger partial charge >= 0.3 is 6.03 Å². The Hall–Kier alpha value is -3.40. The first-order valence-electron chi connectivity index (χ1n) is 12.2. The van der Waals surface area contributed by atoms with Crippen molar-refractivity contribution in [3.63, 3.8) is 0 Å². The molecule has 5 rings (SSSR count). The molecule has 1 saturated heterocycles. The predicted molar refractivity (Wildman–Crippen MR) is 145 cm³/mol. The van der Waals surface area contributed by atoms with Gasteiger partial charge in [0.1, 0.15) is 17.2 Å². The number of halogens is 1. The number of nitrogens with zero attached hydrogens (tertiary/aromatic N) is 4. The van der Waals surface area contributed by atoms with Gasteiger partial charge < -0.3 is 19.0 Å². The Bertz CT molecular complexity index is 1300. The molecule has 1 aromatic carbocycles. The normalized spacial score (nSPS) is 15.9. The highest BCUT2D eigenvalue weighted by Gasteiger charge is 2.24. The number of hydrogen-bond acceptors (Lipinski definition) is 6. The second-order valence-electron chi connectivity index (χ2n) is 9.26. The number of likely N-dealkylation sites (N-methyl/N-ethyl adjacent to an activating group) is 1. The predicted octanol–water partition coefficient (Wildman–Crippen LogP) is 3.91. The number of carbonyl (C=O) groups excluding carboxylic acids is 2. The first kappa shape index (κ1) is 26.7. The van der Waals surface area contributed by atoms with Crippen LogP contribution in [0, 0.1) is 6.92 Å². The molecule has 4 heterocycles. The maximum atomic E-state index is 12.8. The molecular weight excluding hydrogens is 494 g/mol. The fourth-order valence-electron chi connectivity index (χ4n) is 4.54. The molecule has 0 bridgehead atoms. The van der Waals surface area contributed by atoms with Crippen molar-refractivity contribution in [2.24, 2.45) is 0 Å². The number of benzene rings is 1. The number of rotatable bonds is 7. The summed E-state index contributed by atoms with van der Waals surface area (Å²) in [6.07, 6.45) is 4.96. The van der Waals surface area contributed by atoms with Crippen LogP contribution in [0.2, 0.25) is 0 Å². The van der Waals surface area contributed by atoms with Crippen molar-refractivity contribution in [1.29, 1.82) is 0 Å². The number of ether oxygens (including phenoxy) is 1. The van der Waals surface area contributed by atoms with Crippen LogP contribution in [0.25, 0.3) is 17.0 Å². The maximum absolute atomic E-state index is 12.8. The zero-order valence-corrected chi connectivity index (χ0v) is 21.9. The number of anilines is 1. The van der Waals surface area contributed by atoms with E-state index in [-0.39, 0.29) is 24.3 Å². The first-order chi connectivity index (χ1) is 17.5. The molecule has 2 aliphatic rings. The quantitative estimate of drug-likeness (QED) is 0.470. The van der Waals surface area contributed by atoms with Crippen molar-refractivity contribution >= 4 is 47.2 Å². The van der Waals surface area contributed by atoms with Gasteiger partial charge in [-0.2, -0.15) is 0 Å². The van der Waals surface area contributed by atoms with Crippen molar-refractivity contribution in [3.8, 4) is 0 Å². The summed E-state index contributed by atoms with van der Waals surface area (Å²) in [6, 6.07) is 9.71. The number of amides is 3. The van der Waals surface area contributed by atoms with Gasteiger partial charge in [0.05, 0.1) is 26.3 Å². The lowest BCUT2D eigenvalue weighted by Gasteiger charge is -2.32. The molecule has 37 heavy (non-hydrogen) atoms. The standard InChI is InChI=1S/C27H31N5O4.ClH/c1-19-22-5-3-4-6-23(22)36-24(19)18-30(2)25(33)8-7-20-15-21-17-32(27(34)29-26(21)28-16-20)10-9-31-11-13-35-14-12-31;/h3-8,15-16H,9-14,17-18H2,1-2H3,(H,28,29,34);1H. The molecule has 0 saturated carbocycles. The number of aryl methyl sites for hydroxylation is 1. The maximum Gasteiger partial charge on any atom is 0.323 e. The molecule has 3 amide bonds. The molecule has 1 N–H and O–H groups in total. The lowest BCUT2D eigenvalue weighted by Crippen LogP contribution is -2.45. The summed E-state index contributed by atoms with van der Waals surface area (Å²) in [5, 5.41) is 3.94. The minimum absolute atomic E-state index is 0. The van der Waals surface area contributed by atoms with E-state index in [9.17, 15) is 9.59 Å². The Morgan fingerprint density at radius 3 is 2.78 bits per heavy atom. The van der Waals surface area contributed by atoms with Crippen molar-refractivity contribution in [2.75, 3.05) is 51.8 Å². The molecule has 2 aliphatic heterocycles. The van der Waals surface area contributed by atoms with E-state index in [4.69, 9.17) is 9.15 Å². The second-order valence-corrected chi connectivity index (χ2v) is 9.26. The molecule has 9 nitrogen and oxygen atoms in total. The summed E-state index contributed by atoms with van der Waals surface area (Å²) in [4.78, 5) is 35.4. The summed E-state index contributed by atoms with van der Waals surface area (Å²) in [5.41, 5.74) is 3.61. The van der Waals surface area contributed by atoms with Crippen LogP contribution in [0.1, 0.15) is 22.5 Å². The minimum atomic E-state index is -0.135. The third kappa shape index (κ3) is 6.12. The molecule has 196 valence electrons. The highest BCUT2D eigenvalue weighted by atomic mass is 35.5. The zero-order valence-electron chi connectivity index (χ0n) is 21.1. The lowest BCUT2D eigenvalue weighted by molar-refractivity contribution is -0.125. The van der Waals surface area contributed by atoms with E-state index < -0.39 is 0 Å². The molecule has 0 aliphatic carbocycles. The molecule has 1 fully saturated rings. The number of nitrogens with one attached hydrogen (secondary N) is 1. The Morgan fingerprint density at radius 2 is 2.00 bits per heavy atom. The topological polar surface area (TPSA) is 91.2 Å². The van der Waals surface area contributed by atoms with Crippen LogP contribution in [0.3, 0.4) is 0 Å². The Morgan fingerprint density at radius 1 is 1.22 bits per heavy atom. The molecule has 0 spiro atoms. The number of furan rings is 1. The average molecular weight is 526 g/mol. The third-order valence-electron chi connectivity index (χ3n) is 6.77. The number of fused-ring (bicyclic) bond motifs is 2. The van der Waals surface area contributed by atoms with Crippen molar-refractivity contribution < 1.29 is 18.7 Å². The largest absolute Gasteiger partial charge is 0.459 e. The summed E-state index contributed by atoms with van der Waals surface area (Å²) >= 11 is 0. The third-order valence-corrected chi connectivity index (χ3v) is 6.77. The van der Waals surface area contributed by atoms with E-state index >= 15 is 0 Å². The Labute approximate surface area is 222 Å². The van der Waals surface area contributed by atoms with Crippen LogP contribution in [0.15, 0.2) is 47.0 Å². The monoisotopic (exact) mass is 525 g/mol. The van der Waals surface area contributed by atoms with Gasteiger partial charge in [-0.15, -0.1) is 12.4 Å². The average Bonchev–Trinajstić information content (AvgIpc) is 3.21. The fourth-order valence-corrected chi connectivity index (χ4v) is 4.54. The van der Waals surface area contributed by atoms with E-state index in [1.807, 2.05) is 37.3 Å². The number of aromatic nitrogens is 1. The molecule has 10 heteroatoms. The number of urea groups is 1. The SMILES string of the molecule is Cc1c(CN(C)C(=O)C=Cc2cnc3c(c2)CN(CCN2CCOCC2)C(=O)N3)oc2ccccc12.Cl. The lowest BCUT2D eigenvalue weighted by atomic mass is 10.1. The van der Waals surface area contributed by atoms with Gasteiger partial charge in [-0.3, -0.25) is 15.0 Å². The first-order valence-corrected chi connectivity index (χ1v) is 12.2. The van der Waals surface area contributed by atoms with Crippen LogP contribution in [0.4, 0.5) is 10.6 Å². The van der Waals surface area contributed by atoms with Gasteiger partial charge in [-0.25, -0.2) is 9.78 Å². The Balaban J connectivity index is 0.00000320. The molecule has 0 radical (unpaired) electrons. The van der Waals surface area contributed by atoms with E-state index in [0.717, 1.165) is 66.3 Å². The van der Waals surface area contributed by atoms with Gasteiger partial charge in [0.25, 0.3) is 0 Å². The summed E-state index contributed by atoms with van der Waals surface area (Å²) in [7, 11) is 1.76. The van der Waals surface area contributed by atoms with Crippen molar-refractivity contribution in [1.82, 2.24) is 19.7 Å². The van der Waals surface area contributed by atoms with E-state index in [2.05, 4.69) is 15.2 Å². The van der Waals surface area contributed by atoms with Crippen LogP contribution >= 0.6 is 12.4 Å². The van der Waals surface area contributed by atoms with Crippen molar-refractivity contribution in [3.05, 3.63) is 65.1 Å². The molecule has 0 unspecified atom stereocenters. The number of hydrogen-bond donors (Lipinski definition) is 1. The van der Waals surface area contributed by atoms with Gasteiger partial charge in [-0.1, -0.05) is 18.2 Å². The number of carbonyl (C=O) groups is 2. The van der Waals surface area contributed by atoms with Gasteiger partial charge in [0, 0.05) is 62.0 Å². The molecule has 2 aromatic heterocycles. The van der Waals surface area contributed by atoms with Crippen molar-refractivity contribution in [2.45, 2.75) is 20.0 Å². The fraction of sp³-hybridized carbons (Fsp3) is 0.370. The van der Waals surface area contributed by atoms with E-state index in [1.54, 1.807) is 35.2 Å². The number of para-hydroxylation sites is 1. The van der Waals surface area contributed by atoms with Crippen LogP contribution in [-0.2, 0) is 22.6 Å². The smallest absolute Gasteiger partial charge is 0.323 e. The van der Waals surface area contributed by atoms with Crippen LogP contribution in [0.5, 0.6) is 0 Å². The van der Waals surface area contributed by atoms with Gasteiger partial charge in [0.15, 0.2) is 0 Å². The summed E-state index contributed by atoms with van der Waals surface area (Å²) in [6.45, 7) is 7.58. The minimum Gasteiger partial charge on any atom is -0.459 e. The van der Waals surface area contributed by atoms with Crippen LogP contribution < -0.4 is 5.32 Å². The Kier molecular flexibility index (Phi) is 8.48. The van der Waals surface area contributed by atoms with Gasteiger partial charge in [0.2, 0.25) is 5.91 Å².